The van der Waals surface area contributed by atoms with E-state index in [1.165, 1.54) is 5.56 Å². The molecule has 1 aromatic heterocycles. The van der Waals surface area contributed by atoms with Gasteiger partial charge in [0.05, 0.1) is 6.20 Å². The van der Waals surface area contributed by atoms with Crippen LogP contribution < -0.4 is 5.73 Å². The number of benzene rings is 1. The van der Waals surface area contributed by atoms with Crippen molar-refractivity contribution in [1.29, 1.82) is 0 Å². The minimum absolute atomic E-state index is 0.114. The molecule has 1 aliphatic rings. The number of aromatic hydroxyl groups is 1. The van der Waals surface area contributed by atoms with Crippen molar-refractivity contribution in [3.63, 3.8) is 0 Å². The number of hydrogen-bond donors (Lipinski definition) is 2. The third kappa shape index (κ3) is 2.62. The zero-order valence-electron chi connectivity index (χ0n) is 11.9. The number of phenols is 1. The highest BCUT2D eigenvalue weighted by Crippen LogP contribution is 2.24. The van der Waals surface area contributed by atoms with Crippen LogP contribution in [0.1, 0.15) is 22.7 Å². The van der Waals surface area contributed by atoms with Crippen molar-refractivity contribution in [3.05, 3.63) is 47.3 Å². The molecule has 0 fully saturated rings. The molecular weight excluding hydrogens is 268 g/mol. The summed E-state index contributed by atoms with van der Waals surface area (Å²) in [5, 5.41) is 13.6. The number of amides is 1. The van der Waals surface area contributed by atoms with Gasteiger partial charge in [-0.25, -0.2) is 0 Å². The normalized spacial score (nSPS) is 15.6. The lowest BCUT2D eigenvalue weighted by atomic mass is 9.98. The summed E-state index contributed by atoms with van der Waals surface area (Å²) in [6.07, 6.45) is 4.15. The van der Waals surface area contributed by atoms with Crippen molar-refractivity contribution in [2.24, 2.45) is 12.8 Å². The standard InChI is InChI=1S/C15H18N4O2/c1-18-8-12(7-17-18)14(16)15(21)19-5-4-10-2-3-13(20)6-11(10)9-19/h2-3,6-8,14,20H,4-5,9,16H2,1H3. The molecule has 0 radical (unpaired) electrons. The van der Waals surface area contributed by atoms with Gasteiger partial charge in [0, 0.05) is 31.9 Å². The average molecular weight is 286 g/mol. The molecule has 2 heterocycles. The quantitative estimate of drug-likeness (QED) is 0.851. The third-order valence-electron chi connectivity index (χ3n) is 3.86. The van der Waals surface area contributed by atoms with E-state index in [1.54, 1.807) is 41.2 Å². The lowest BCUT2D eigenvalue weighted by molar-refractivity contribution is -0.133. The minimum atomic E-state index is -0.697. The number of carbonyl (C=O) groups excluding carboxylic acids is 1. The van der Waals surface area contributed by atoms with Gasteiger partial charge >= 0.3 is 0 Å². The molecule has 1 aromatic carbocycles. The van der Waals surface area contributed by atoms with Gasteiger partial charge in [0.1, 0.15) is 11.8 Å². The Bertz CT molecular complexity index is 680. The molecular formula is C15H18N4O2. The van der Waals surface area contributed by atoms with Crippen LogP contribution >= 0.6 is 0 Å². The molecule has 1 amide bonds. The van der Waals surface area contributed by atoms with Crippen molar-refractivity contribution in [3.8, 4) is 5.75 Å². The molecule has 1 aliphatic heterocycles. The maximum atomic E-state index is 12.5. The van der Waals surface area contributed by atoms with Gasteiger partial charge in [-0.1, -0.05) is 6.07 Å². The lowest BCUT2D eigenvalue weighted by Gasteiger charge is -2.30. The van der Waals surface area contributed by atoms with E-state index in [2.05, 4.69) is 5.10 Å². The molecule has 0 spiro atoms. The Labute approximate surface area is 122 Å². The number of aryl methyl sites for hydroxylation is 1. The largest absolute Gasteiger partial charge is 0.508 e. The fraction of sp³-hybridized carbons (Fsp3) is 0.333. The molecule has 21 heavy (non-hydrogen) atoms. The van der Waals surface area contributed by atoms with E-state index in [0.29, 0.717) is 18.7 Å². The first-order valence-electron chi connectivity index (χ1n) is 6.88. The van der Waals surface area contributed by atoms with Gasteiger partial charge < -0.3 is 15.7 Å². The van der Waals surface area contributed by atoms with Crippen LogP contribution in [0.3, 0.4) is 0 Å². The number of carbonyl (C=O) groups is 1. The number of fused-ring (bicyclic) bond motifs is 1. The predicted molar refractivity (Wildman–Crippen MR) is 77.4 cm³/mol. The maximum absolute atomic E-state index is 12.5. The molecule has 1 atom stereocenters. The Morgan fingerprint density at radius 2 is 2.24 bits per heavy atom. The number of rotatable bonds is 2. The monoisotopic (exact) mass is 286 g/mol. The molecule has 0 bridgehead atoms. The molecule has 0 saturated heterocycles. The third-order valence-corrected chi connectivity index (χ3v) is 3.86. The Morgan fingerprint density at radius 3 is 2.95 bits per heavy atom. The van der Waals surface area contributed by atoms with Crippen LogP contribution in [0.4, 0.5) is 0 Å². The van der Waals surface area contributed by atoms with Crippen LogP contribution in [0.5, 0.6) is 5.75 Å². The highest BCUT2D eigenvalue weighted by molar-refractivity contribution is 5.83. The molecule has 2 aromatic rings. The second kappa shape index (κ2) is 5.21. The van der Waals surface area contributed by atoms with Crippen molar-refractivity contribution < 1.29 is 9.90 Å². The zero-order valence-corrected chi connectivity index (χ0v) is 11.9. The van der Waals surface area contributed by atoms with E-state index < -0.39 is 6.04 Å². The Hall–Kier alpha value is -2.34. The van der Waals surface area contributed by atoms with Gasteiger partial charge in [-0.2, -0.15) is 5.10 Å². The van der Waals surface area contributed by atoms with Crippen molar-refractivity contribution in [1.82, 2.24) is 14.7 Å². The molecule has 6 heteroatoms. The number of nitrogens with two attached hydrogens (primary N) is 1. The van der Waals surface area contributed by atoms with E-state index in [9.17, 15) is 9.90 Å². The van der Waals surface area contributed by atoms with Gasteiger partial charge in [-0.15, -0.1) is 0 Å². The summed E-state index contributed by atoms with van der Waals surface area (Å²) in [5.74, 6) is 0.108. The Morgan fingerprint density at radius 1 is 1.43 bits per heavy atom. The van der Waals surface area contributed by atoms with Gasteiger partial charge in [0.25, 0.3) is 0 Å². The molecule has 0 aliphatic carbocycles. The van der Waals surface area contributed by atoms with Crippen molar-refractivity contribution >= 4 is 5.91 Å². The van der Waals surface area contributed by atoms with E-state index in [4.69, 9.17) is 5.73 Å². The van der Waals surface area contributed by atoms with Crippen LogP contribution in [0.15, 0.2) is 30.6 Å². The number of aromatic nitrogens is 2. The number of hydrogen-bond acceptors (Lipinski definition) is 4. The summed E-state index contributed by atoms with van der Waals surface area (Å²) in [4.78, 5) is 14.2. The smallest absolute Gasteiger partial charge is 0.244 e. The molecule has 110 valence electrons. The average Bonchev–Trinajstić information content (AvgIpc) is 2.91. The predicted octanol–water partition coefficient (Wildman–Crippen LogP) is 0.710. The van der Waals surface area contributed by atoms with Gasteiger partial charge in [-0.05, 0) is 29.7 Å². The molecule has 6 nitrogen and oxygen atoms in total. The summed E-state index contributed by atoms with van der Waals surface area (Å²) >= 11 is 0. The summed E-state index contributed by atoms with van der Waals surface area (Å²) < 4.78 is 1.63. The van der Waals surface area contributed by atoms with Crippen molar-refractivity contribution in [2.45, 2.75) is 19.0 Å². The summed E-state index contributed by atoms with van der Waals surface area (Å²) in [7, 11) is 1.79. The molecule has 0 saturated carbocycles. The Kier molecular flexibility index (Phi) is 3.39. The second-order valence-electron chi connectivity index (χ2n) is 5.39. The topological polar surface area (TPSA) is 84.4 Å². The second-order valence-corrected chi connectivity index (χ2v) is 5.39. The first-order valence-corrected chi connectivity index (χ1v) is 6.88. The van der Waals surface area contributed by atoms with E-state index in [0.717, 1.165) is 12.0 Å². The molecule has 1 unspecified atom stereocenters. The van der Waals surface area contributed by atoms with E-state index in [1.807, 2.05) is 6.07 Å². The van der Waals surface area contributed by atoms with E-state index in [-0.39, 0.29) is 11.7 Å². The summed E-state index contributed by atoms with van der Waals surface area (Å²) in [6.45, 7) is 1.13. The van der Waals surface area contributed by atoms with Crippen LogP contribution in [0.2, 0.25) is 0 Å². The fourth-order valence-corrected chi connectivity index (χ4v) is 2.67. The van der Waals surface area contributed by atoms with Crippen LogP contribution in [-0.4, -0.2) is 32.2 Å². The first kappa shape index (κ1) is 13.6. The zero-order chi connectivity index (χ0) is 15.0. The van der Waals surface area contributed by atoms with Gasteiger partial charge in [0.15, 0.2) is 0 Å². The van der Waals surface area contributed by atoms with Crippen LogP contribution in [-0.2, 0) is 24.8 Å². The van der Waals surface area contributed by atoms with Crippen LogP contribution in [0, 0.1) is 0 Å². The highest BCUT2D eigenvalue weighted by Gasteiger charge is 2.26. The number of nitrogens with zero attached hydrogens (tertiary/aromatic N) is 3. The maximum Gasteiger partial charge on any atom is 0.244 e. The Balaban J connectivity index is 1.77. The molecule has 3 rings (SSSR count). The van der Waals surface area contributed by atoms with Crippen molar-refractivity contribution in [2.75, 3.05) is 6.54 Å². The number of phenolic OH excluding ortho intramolecular Hbond substituents is 1. The summed E-state index contributed by atoms with van der Waals surface area (Å²) in [6, 6.07) is 4.60. The van der Waals surface area contributed by atoms with Gasteiger partial charge in [0.2, 0.25) is 5.91 Å². The van der Waals surface area contributed by atoms with Gasteiger partial charge in [-0.3, -0.25) is 9.48 Å². The fourth-order valence-electron chi connectivity index (χ4n) is 2.67. The highest BCUT2D eigenvalue weighted by atomic mass is 16.3. The molecule has 3 N–H and O–H groups in total. The summed E-state index contributed by atoms with van der Waals surface area (Å²) in [5.41, 5.74) is 8.90. The van der Waals surface area contributed by atoms with Crippen LogP contribution in [0.25, 0.3) is 0 Å². The first-order chi connectivity index (χ1) is 10.0. The minimum Gasteiger partial charge on any atom is -0.508 e. The lowest BCUT2D eigenvalue weighted by Crippen LogP contribution is -2.41. The van der Waals surface area contributed by atoms with E-state index >= 15 is 0 Å². The SMILES string of the molecule is Cn1cc(C(N)C(=O)N2CCc3ccc(O)cc3C2)cn1.